The van der Waals surface area contributed by atoms with E-state index in [1.54, 1.807) is 0 Å². The van der Waals surface area contributed by atoms with Crippen molar-refractivity contribution in [3.63, 3.8) is 0 Å². The summed E-state index contributed by atoms with van der Waals surface area (Å²) in [7, 11) is -2.85. The van der Waals surface area contributed by atoms with Crippen molar-refractivity contribution in [3.8, 4) is 0 Å². The molecule has 0 aromatic rings. The van der Waals surface area contributed by atoms with Crippen LogP contribution in [0.3, 0.4) is 0 Å². The van der Waals surface area contributed by atoms with Crippen molar-refractivity contribution in [2.24, 2.45) is 5.92 Å². The van der Waals surface area contributed by atoms with Crippen LogP contribution in [0.5, 0.6) is 0 Å². The predicted molar refractivity (Wildman–Crippen MR) is 83.9 cm³/mol. The third kappa shape index (κ3) is 4.68. The Morgan fingerprint density at radius 2 is 1.90 bits per heavy atom. The van der Waals surface area contributed by atoms with E-state index in [0.717, 1.165) is 38.4 Å². The smallest absolute Gasteiger partial charge is 0.223 e. The Balaban J connectivity index is 1.79. The van der Waals surface area contributed by atoms with Crippen molar-refractivity contribution >= 4 is 15.7 Å². The quantitative estimate of drug-likeness (QED) is 0.763. The minimum atomic E-state index is -2.85. The molecule has 1 amide bonds. The van der Waals surface area contributed by atoms with Gasteiger partial charge in [-0.15, -0.1) is 0 Å². The highest BCUT2D eigenvalue weighted by atomic mass is 32.2. The Hall–Kier alpha value is -0.620. The Morgan fingerprint density at radius 3 is 2.43 bits per heavy atom. The lowest BCUT2D eigenvalue weighted by molar-refractivity contribution is -0.132. The first-order valence-corrected chi connectivity index (χ1v) is 9.95. The van der Waals surface area contributed by atoms with Crippen molar-refractivity contribution in [1.29, 1.82) is 0 Å². The van der Waals surface area contributed by atoms with Gasteiger partial charge >= 0.3 is 0 Å². The van der Waals surface area contributed by atoms with E-state index in [0.29, 0.717) is 25.1 Å². The van der Waals surface area contributed by atoms with Crippen LogP contribution in [-0.2, 0) is 14.6 Å². The molecular formula is C15H28N2O3S. The minimum Gasteiger partial charge on any atom is -0.343 e. The molecule has 6 heteroatoms. The van der Waals surface area contributed by atoms with Gasteiger partial charge in [-0.1, -0.05) is 13.8 Å². The summed E-state index contributed by atoms with van der Waals surface area (Å²) < 4.78 is 23.2. The molecule has 0 radical (unpaired) electrons. The van der Waals surface area contributed by atoms with Crippen molar-refractivity contribution in [1.82, 2.24) is 9.80 Å². The second-order valence-corrected chi connectivity index (χ2v) is 8.73. The maximum atomic E-state index is 12.2. The lowest BCUT2D eigenvalue weighted by Gasteiger charge is -2.32. The van der Waals surface area contributed by atoms with Gasteiger partial charge in [-0.2, -0.15) is 0 Å². The summed E-state index contributed by atoms with van der Waals surface area (Å²) in [5.74, 6) is 1.51. The fourth-order valence-electron chi connectivity index (χ4n) is 3.32. The highest BCUT2D eigenvalue weighted by molar-refractivity contribution is 7.91. The molecule has 21 heavy (non-hydrogen) atoms. The van der Waals surface area contributed by atoms with E-state index in [1.807, 2.05) is 11.8 Å². The summed E-state index contributed by atoms with van der Waals surface area (Å²) in [4.78, 5) is 16.4. The first kappa shape index (κ1) is 16.7. The number of carbonyl (C=O) groups is 1. The highest BCUT2D eigenvalue weighted by Crippen LogP contribution is 2.19. The van der Waals surface area contributed by atoms with Crippen LogP contribution in [0.25, 0.3) is 0 Å². The highest BCUT2D eigenvalue weighted by Gasteiger charge is 2.32. The van der Waals surface area contributed by atoms with Crippen LogP contribution in [0.2, 0.25) is 0 Å². The number of hydrogen-bond donors (Lipinski definition) is 0. The SMILES string of the molecule is CCN(CCC(=O)N1CCC(C)CC1)C1CCS(=O)(=O)C1. The molecule has 0 saturated carbocycles. The van der Waals surface area contributed by atoms with E-state index >= 15 is 0 Å². The van der Waals surface area contributed by atoms with Crippen LogP contribution in [0.1, 0.15) is 39.5 Å². The molecule has 1 atom stereocenters. The zero-order valence-corrected chi connectivity index (χ0v) is 14.1. The molecule has 5 nitrogen and oxygen atoms in total. The number of hydrogen-bond acceptors (Lipinski definition) is 4. The zero-order valence-electron chi connectivity index (χ0n) is 13.3. The number of nitrogens with zero attached hydrogens (tertiary/aromatic N) is 2. The summed E-state index contributed by atoms with van der Waals surface area (Å²) in [5.41, 5.74) is 0. The van der Waals surface area contributed by atoms with Crippen LogP contribution < -0.4 is 0 Å². The topological polar surface area (TPSA) is 57.7 Å². The van der Waals surface area contributed by atoms with E-state index in [9.17, 15) is 13.2 Å². The van der Waals surface area contributed by atoms with Gasteiger partial charge in [-0.05, 0) is 31.7 Å². The molecule has 2 heterocycles. The van der Waals surface area contributed by atoms with E-state index < -0.39 is 9.84 Å². The van der Waals surface area contributed by atoms with E-state index in [4.69, 9.17) is 0 Å². The molecule has 0 aliphatic carbocycles. The zero-order chi connectivity index (χ0) is 15.5. The number of amides is 1. The molecule has 0 N–H and O–H groups in total. The minimum absolute atomic E-state index is 0.106. The molecule has 2 saturated heterocycles. The molecule has 0 bridgehead atoms. The number of rotatable bonds is 5. The Kier molecular flexibility index (Phi) is 5.66. The molecule has 2 aliphatic rings. The second-order valence-electron chi connectivity index (χ2n) is 6.50. The van der Waals surface area contributed by atoms with Crippen LogP contribution in [0, 0.1) is 5.92 Å². The molecule has 2 fully saturated rings. The average Bonchev–Trinajstić information content (AvgIpc) is 2.80. The van der Waals surface area contributed by atoms with Gasteiger partial charge in [0.25, 0.3) is 0 Å². The average molecular weight is 316 g/mol. The number of sulfone groups is 1. The Morgan fingerprint density at radius 1 is 1.24 bits per heavy atom. The van der Waals surface area contributed by atoms with Crippen LogP contribution >= 0.6 is 0 Å². The fraction of sp³-hybridized carbons (Fsp3) is 0.933. The maximum absolute atomic E-state index is 12.2. The fourth-order valence-corrected chi connectivity index (χ4v) is 5.08. The van der Waals surface area contributed by atoms with Crippen LogP contribution in [0.4, 0.5) is 0 Å². The molecule has 2 aliphatic heterocycles. The number of piperidine rings is 1. The molecule has 1 unspecified atom stereocenters. The van der Waals surface area contributed by atoms with Gasteiger partial charge in [0.2, 0.25) is 5.91 Å². The molecule has 0 spiro atoms. The van der Waals surface area contributed by atoms with Gasteiger partial charge in [-0.3, -0.25) is 9.69 Å². The third-order valence-corrected chi connectivity index (χ3v) is 6.63. The molecule has 0 aromatic heterocycles. The normalized spacial score (nSPS) is 26.4. The standard InChI is InChI=1S/C15H28N2O3S/c1-3-16(14-7-11-21(19,20)12-14)10-6-15(18)17-8-4-13(2)5-9-17/h13-14H,3-12H2,1-2H3. The van der Waals surface area contributed by atoms with Gasteiger partial charge < -0.3 is 4.90 Å². The van der Waals surface area contributed by atoms with Crippen molar-refractivity contribution in [2.75, 3.05) is 37.7 Å². The van der Waals surface area contributed by atoms with Gasteiger partial charge in [0.15, 0.2) is 9.84 Å². The molecular weight excluding hydrogens is 288 g/mol. The molecule has 0 aromatic carbocycles. The van der Waals surface area contributed by atoms with E-state index in [2.05, 4.69) is 11.8 Å². The Labute approximate surface area is 128 Å². The summed E-state index contributed by atoms with van der Waals surface area (Å²) in [6.45, 7) is 7.53. The summed E-state index contributed by atoms with van der Waals surface area (Å²) in [6.07, 6.45) is 3.43. The monoisotopic (exact) mass is 316 g/mol. The second kappa shape index (κ2) is 7.09. The van der Waals surface area contributed by atoms with Crippen LogP contribution in [0.15, 0.2) is 0 Å². The van der Waals surface area contributed by atoms with E-state index in [-0.39, 0.29) is 17.7 Å². The van der Waals surface area contributed by atoms with Crippen molar-refractivity contribution < 1.29 is 13.2 Å². The number of carbonyl (C=O) groups excluding carboxylic acids is 1. The summed E-state index contributed by atoms with van der Waals surface area (Å²) in [5, 5.41) is 0. The lowest BCUT2D eigenvalue weighted by atomic mass is 9.99. The largest absolute Gasteiger partial charge is 0.343 e. The summed E-state index contributed by atoms with van der Waals surface area (Å²) >= 11 is 0. The first-order chi connectivity index (χ1) is 9.91. The van der Waals surface area contributed by atoms with Gasteiger partial charge in [0.05, 0.1) is 11.5 Å². The van der Waals surface area contributed by atoms with Gasteiger partial charge in [0.1, 0.15) is 0 Å². The van der Waals surface area contributed by atoms with E-state index in [1.165, 1.54) is 0 Å². The van der Waals surface area contributed by atoms with Crippen LogP contribution in [-0.4, -0.2) is 67.9 Å². The maximum Gasteiger partial charge on any atom is 0.223 e. The Bertz CT molecular complexity index is 456. The van der Waals surface area contributed by atoms with Crippen molar-refractivity contribution in [2.45, 2.75) is 45.6 Å². The predicted octanol–water partition coefficient (Wildman–Crippen LogP) is 1.14. The first-order valence-electron chi connectivity index (χ1n) is 8.13. The molecule has 122 valence electrons. The van der Waals surface area contributed by atoms with Gasteiger partial charge in [-0.25, -0.2) is 8.42 Å². The van der Waals surface area contributed by atoms with Gasteiger partial charge in [0, 0.05) is 32.1 Å². The number of likely N-dealkylation sites (tertiary alicyclic amines) is 1. The lowest BCUT2D eigenvalue weighted by Crippen LogP contribution is -2.42. The molecule has 2 rings (SSSR count). The third-order valence-electron chi connectivity index (χ3n) is 4.88. The summed E-state index contributed by atoms with van der Waals surface area (Å²) in [6, 6.07) is 0.106. The van der Waals surface area contributed by atoms with Crippen molar-refractivity contribution in [3.05, 3.63) is 0 Å².